The van der Waals surface area contributed by atoms with Crippen LogP contribution in [-0.4, -0.2) is 51.5 Å². The first-order chi connectivity index (χ1) is 13.2. The molecular formula is C19H30N2O5S2. The molecule has 0 radical (unpaired) electrons. The van der Waals surface area contributed by atoms with Gasteiger partial charge in [-0.05, 0) is 29.9 Å². The van der Waals surface area contributed by atoms with Crippen LogP contribution in [0, 0.1) is 5.92 Å². The first-order valence-electron chi connectivity index (χ1n) is 9.15. The molecule has 0 unspecified atom stereocenters. The fourth-order valence-corrected chi connectivity index (χ4v) is 4.49. The third kappa shape index (κ3) is 8.20. The van der Waals surface area contributed by atoms with Crippen molar-refractivity contribution >= 4 is 33.7 Å². The van der Waals surface area contributed by atoms with Crippen LogP contribution >= 0.6 is 11.8 Å². The molecule has 0 saturated carbocycles. The van der Waals surface area contributed by atoms with E-state index in [1.165, 1.54) is 7.11 Å². The molecule has 0 aromatic heterocycles. The monoisotopic (exact) mass is 430 g/mol. The van der Waals surface area contributed by atoms with Crippen LogP contribution in [0.5, 0.6) is 0 Å². The number of carbonyl (C=O) groups excluding carboxylic acids is 2. The molecular weight excluding hydrogens is 400 g/mol. The largest absolute Gasteiger partial charge is 0.467 e. The van der Waals surface area contributed by atoms with Crippen LogP contribution in [0.25, 0.3) is 0 Å². The van der Waals surface area contributed by atoms with Crippen LogP contribution in [0.2, 0.25) is 0 Å². The van der Waals surface area contributed by atoms with Crippen LogP contribution in [0.3, 0.4) is 0 Å². The predicted molar refractivity (Wildman–Crippen MR) is 112 cm³/mol. The lowest BCUT2D eigenvalue weighted by Crippen LogP contribution is -2.54. The number of hydrogen-bond acceptors (Lipinski definition) is 6. The van der Waals surface area contributed by atoms with Gasteiger partial charge in [0.25, 0.3) is 0 Å². The van der Waals surface area contributed by atoms with Crippen LogP contribution in [0.4, 0.5) is 0 Å². The van der Waals surface area contributed by atoms with E-state index >= 15 is 0 Å². The molecule has 0 aliphatic heterocycles. The minimum atomic E-state index is -3.74. The Kier molecular flexibility index (Phi) is 10.6. The van der Waals surface area contributed by atoms with E-state index in [-0.39, 0.29) is 11.7 Å². The molecule has 1 aromatic rings. The maximum Gasteiger partial charge on any atom is 0.328 e. The highest BCUT2D eigenvalue weighted by molar-refractivity contribution is 7.98. The van der Waals surface area contributed by atoms with Gasteiger partial charge in [0.05, 0.1) is 12.9 Å². The van der Waals surface area contributed by atoms with Gasteiger partial charge in [0.2, 0.25) is 15.9 Å². The minimum absolute atomic E-state index is 0.221. The average molecular weight is 431 g/mol. The summed E-state index contributed by atoms with van der Waals surface area (Å²) in [6.45, 7) is 3.67. The number of sulfonamides is 1. The highest BCUT2D eigenvalue weighted by atomic mass is 32.2. The first kappa shape index (κ1) is 24.5. The highest BCUT2D eigenvalue weighted by Gasteiger charge is 2.32. The van der Waals surface area contributed by atoms with E-state index in [0.29, 0.717) is 24.2 Å². The van der Waals surface area contributed by atoms with Crippen molar-refractivity contribution in [2.45, 2.75) is 44.5 Å². The molecule has 0 aliphatic carbocycles. The summed E-state index contributed by atoms with van der Waals surface area (Å²) in [7, 11) is -2.48. The fraction of sp³-hybridized carbons (Fsp3) is 0.579. The van der Waals surface area contributed by atoms with E-state index < -0.39 is 34.0 Å². The Morgan fingerprint density at radius 1 is 1.21 bits per heavy atom. The molecule has 1 rings (SSSR count). The third-order valence-electron chi connectivity index (χ3n) is 4.41. The highest BCUT2D eigenvalue weighted by Crippen LogP contribution is 2.13. The number of ether oxygens (including phenoxy) is 1. The Balaban J connectivity index is 2.93. The normalized spacial score (nSPS) is 14.7. The second kappa shape index (κ2) is 12.1. The Morgan fingerprint density at radius 3 is 2.39 bits per heavy atom. The van der Waals surface area contributed by atoms with Crippen molar-refractivity contribution in [1.82, 2.24) is 10.0 Å². The maximum absolute atomic E-state index is 12.8. The zero-order valence-electron chi connectivity index (χ0n) is 16.8. The molecule has 0 aliphatic rings. The smallest absolute Gasteiger partial charge is 0.328 e. The quantitative estimate of drug-likeness (QED) is 0.492. The number of nitrogens with one attached hydrogen (secondary N) is 2. The molecule has 0 bridgehead atoms. The van der Waals surface area contributed by atoms with E-state index in [0.717, 1.165) is 0 Å². The summed E-state index contributed by atoms with van der Waals surface area (Å²) in [6.07, 6.45) is 2.90. The number of amides is 1. The van der Waals surface area contributed by atoms with Crippen molar-refractivity contribution in [3.63, 3.8) is 0 Å². The molecule has 2 N–H and O–H groups in total. The summed E-state index contributed by atoms with van der Waals surface area (Å²) in [5.74, 6) is -0.876. The van der Waals surface area contributed by atoms with Crippen molar-refractivity contribution < 1.29 is 22.7 Å². The molecule has 0 spiro atoms. The molecule has 158 valence electrons. The number of benzene rings is 1. The van der Waals surface area contributed by atoms with Crippen molar-refractivity contribution in [3.05, 3.63) is 35.9 Å². The number of esters is 1. The summed E-state index contributed by atoms with van der Waals surface area (Å²) in [5, 5.41) is 2.65. The summed E-state index contributed by atoms with van der Waals surface area (Å²) in [5.41, 5.74) is 0.630. The summed E-state index contributed by atoms with van der Waals surface area (Å²) in [6, 6.07) is 6.98. The van der Waals surface area contributed by atoms with Crippen LogP contribution in [0.1, 0.15) is 32.3 Å². The molecule has 9 heteroatoms. The molecule has 0 fully saturated rings. The summed E-state index contributed by atoms with van der Waals surface area (Å²) < 4.78 is 32.5. The maximum atomic E-state index is 12.8. The molecule has 7 nitrogen and oxygen atoms in total. The van der Waals surface area contributed by atoms with Gasteiger partial charge in [0.1, 0.15) is 12.1 Å². The lowest BCUT2D eigenvalue weighted by molar-refractivity contribution is -0.145. The molecule has 1 amide bonds. The van der Waals surface area contributed by atoms with E-state index in [9.17, 15) is 18.0 Å². The van der Waals surface area contributed by atoms with Crippen LogP contribution in [0.15, 0.2) is 30.3 Å². The van der Waals surface area contributed by atoms with Gasteiger partial charge in [0.15, 0.2) is 0 Å². The standard InChI is InChI=1S/C19H30N2O5S2/c1-5-14(2)17(18(22)20-16(11-12-27-4)19(23)26-3)21-28(24,25)13-15-9-7-6-8-10-15/h6-10,14,16-17,21H,5,11-13H2,1-4H3,(H,20,22)/t14-,16+,17-/m1/s1. The number of hydrogen-bond donors (Lipinski definition) is 2. The fourth-order valence-electron chi connectivity index (χ4n) is 2.58. The average Bonchev–Trinajstić information content (AvgIpc) is 2.68. The van der Waals surface area contributed by atoms with Crippen LogP contribution in [-0.2, 0) is 30.1 Å². The van der Waals surface area contributed by atoms with Crippen molar-refractivity contribution in [3.8, 4) is 0 Å². The molecule has 3 atom stereocenters. The Labute approximate surface area is 172 Å². The summed E-state index contributed by atoms with van der Waals surface area (Å²) in [4.78, 5) is 24.8. The van der Waals surface area contributed by atoms with Gasteiger partial charge in [-0.25, -0.2) is 17.9 Å². The SMILES string of the molecule is CC[C@@H](C)[C@@H](NS(=O)(=O)Cc1ccccc1)C(=O)N[C@@H](CCSC)C(=O)OC. The lowest BCUT2D eigenvalue weighted by atomic mass is 9.99. The van der Waals surface area contributed by atoms with Gasteiger partial charge in [0, 0.05) is 0 Å². The second-order valence-corrected chi connectivity index (χ2v) is 9.33. The minimum Gasteiger partial charge on any atom is -0.467 e. The van der Waals surface area contributed by atoms with Gasteiger partial charge < -0.3 is 10.1 Å². The zero-order valence-corrected chi connectivity index (χ0v) is 18.4. The first-order valence-corrected chi connectivity index (χ1v) is 12.2. The lowest BCUT2D eigenvalue weighted by Gasteiger charge is -2.25. The van der Waals surface area contributed by atoms with Gasteiger partial charge in [-0.15, -0.1) is 0 Å². The Hall–Kier alpha value is -1.58. The third-order valence-corrected chi connectivity index (χ3v) is 6.38. The topological polar surface area (TPSA) is 102 Å². The van der Waals surface area contributed by atoms with Gasteiger partial charge in [-0.1, -0.05) is 50.6 Å². The Bertz CT molecular complexity index is 725. The molecule has 28 heavy (non-hydrogen) atoms. The zero-order chi connectivity index (χ0) is 21.2. The number of methoxy groups -OCH3 is 1. The molecule has 0 saturated heterocycles. The van der Waals surface area contributed by atoms with Gasteiger partial charge in [-0.2, -0.15) is 11.8 Å². The van der Waals surface area contributed by atoms with E-state index in [1.807, 2.05) is 13.2 Å². The van der Waals surface area contributed by atoms with Crippen molar-refractivity contribution in [2.24, 2.45) is 5.92 Å². The molecule has 1 aromatic carbocycles. The van der Waals surface area contributed by atoms with E-state index in [4.69, 9.17) is 4.74 Å². The van der Waals surface area contributed by atoms with Crippen molar-refractivity contribution in [2.75, 3.05) is 19.1 Å². The second-order valence-electron chi connectivity index (χ2n) is 6.59. The van der Waals surface area contributed by atoms with Crippen molar-refractivity contribution in [1.29, 1.82) is 0 Å². The number of carbonyl (C=O) groups is 2. The predicted octanol–water partition coefficient (Wildman–Crippen LogP) is 1.93. The molecule has 0 heterocycles. The number of rotatable bonds is 12. The number of thioether (sulfide) groups is 1. The van der Waals surface area contributed by atoms with Gasteiger partial charge >= 0.3 is 5.97 Å². The Morgan fingerprint density at radius 2 is 1.86 bits per heavy atom. The van der Waals surface area contributed by atoms with E-state index in [2.05, 4.69) is 10.0 Å². The summed E-state index contributed by atoms with van der Waals surface area (Å²) >= 11 is 1.54. The van der Waals surface area contributed by atoms with E-state index in [1.54, 1.807) is 49.0 Å². The van der Waals surface area contributed by atoms with Gasteiger partial charge in [-0.3, -0.25) is 4.79 Å². The van der Waals surface area contributed by atoms with Crippen LogP contribution < -0.4 is 10.0 Å².